The summed E-state index contributed by atoms with van der Waals surface area (Å²) < 4.78 is 29.1. The summed E-state index contributed by atoms with van der Waals surface area (Å²) in [6.07, 6.45) is 17.8. The highest BCUT2D eigenvalue weighted by atomic mass is 19.1. The van der Waals surface area contributed by atoms with Crippen molar-refractivity contribution in [3.63, 3.8) is 0 Å². The molecule has 1 aromatic carbocycles. The van der Waals surface area contributed by atoms with Crippen molar-refractivity contribution < 1.29 is 8.78 Å². The highest BCUT2D eigenvalue weighted by Crippen LogP contribution is 2.51. The maximum Gasteiger partial charge on any atom is 0.129 e. The van der Waals surface area contributed by atoms with E-state index >= 15 is 0 Å². The minimum Gasteiger partial charge on any atom is -0.207 e. The van der Waals surface area contributed by atoms with Crippen LogP contribution in [0.1, 0.15) is 87.7 Å². The molecule has 0 heterocycles. The molecule has 3 aliphatic carbocycles. The number of benzene rings is 1. The van der Waals surface area contributed by atoms with Gasteiger partial charge in [-0.1, -0.05) is 12.2 Å². The third-order valence-corrected chi connectivity index (χ3v) is 8.70. The molecule has 4 unspecified atom stereocenters. The Morgan fingerprint density at radius 3 is 1.97 bits per heavy atom. The van der Waals surface area contributed by atoms with Crippen LogP contribution in [0, 0.1) is 41.2 Å². The quantitative estimate of drug-likeness (QED) is 0.412. The predicted octanol–water partition coefficient (Wildman–Crippen LogP) is 8.38. The zero-order valence-electron chi connectivity index (χ0n) is 18.4. The molecule has 1 aromatic rings. The summed E-state index contributed by atoms with van der Waals surface area (Å²) >= 11 is 0. The molecule has 3 saturated carbocycles. The second-order valence-corrected chi connectivity index (χ2v) is 10.3. The Morgan fingerprint density at radius 2 is 1.33 bits per heavy atom. The number of fused-ring (bicyclic) bond motifs is 1. The lowest BCUT2D eigenvalue weighted by atomic mass is 9.60. The Kier molecular flexibility index (Phi) is 7.11. The lowest BCUT2D eigenvalue weighted by Gasteiger charge is -2.45. The summed E-state index contributed by atoms with van der Waals surface area (Å²) in [7, 11) is 0. The second-order valence-electron chi connectivity index (χ2n) is 10.3. The third-order valence-electron chi connectivity index (χ3n) is 8.70. The van der Waals surface area contributed by atoms with Gasteiger partial charge in [0, 0.05) is 5.56 Å². The number of hydrogen-bond acceptors (Lipinski definition) is 0. The van der Waals surface area contributed by atoms with Gasteiger partial charge < -0.3 is 0 Å². The molecular weight excluding hydrogens is 374 g/mol. The van der Waals surface area contributed by atoms with E-state index in [9.17, 15) is 8.78 Å². The Bertz CT molecular complexity index is 720. The van der Waals surface area contributed by atoms with E-state index in [1.807, 2.05) is 0 Å². The van der Waals surface area contributed by atoms with Gasteiger partial charge in [-0.3, -0.25) is 0 Å². The van der Waals surface area contributed by atoms with Gasteiger partial charge in [0.25, 0.3) is 0 Å². The van der Waals surface area contributed by atoms with Crippen molar-refractivity contribution in [3.05, 3.63) is 60.2 Å². The molecule has 2 heteroatoms. The van der Waals surface area contributed by atoms with E-state index in [1.54, 1.807) is 18.2 Å². The van der Waals surface area contributed by atoms with Crippen LogP contribution in [0.4, 0.5) is 8.78 Å². The topological polar surface area (TPSA) is 0 Å². The van der Waals surface area contributed by atoms with Gasteiger partial charge in [-0.15, -0.1) is 13.2 Å². The van der Waals surface area contributed by atoms with Crippen molar-refractivity contribution in [2.24, 2.45) is 29.6 Å². The van der Waals surface area contributed by atoms with Crippen molar-refractivity contribution in [1.29, 1.82) is 0 Å². The van der Waals surface area contributed by atoms with Gasteiger partial charge in [-0.25, -0.2) is 8.78 Å². The number of halogens is 2. The largest absolute Gasteiger partial charge is 0.207 e. The Morgan fingerprint density at radius 1 is 0.767 bits per heavy atom. The van der Waals surface area contributed by atoms with Crippen LogP contribution >= 0.6 is 0 Å². The first-order chi connectivity index (χ1) is 14.6. The van der Waals surface area contributed by atoms with E-state index < -0.39 is 0 Å². The van der Waals surface area contributed by atoms with Crippen LogP contribution in [0.5, 0.6) is 0 Å². The van der Waals surface area contributed by atoms with E-state index in [2.05, 4.69) is 19.2 Å². The molecule has 0 radical (unpaired) electrons. The predicted molar refractivity (Wildman–Crippen MR) is 121 cm³/mol. The molecule has 0 aromatic heterocycles. The molecule has 0 bridgehead atoms. The molecule has 0 saturated heterocycles. The van der Waals surface area contributed by atoms with Gasteiger partial charge in [-0.2, -0.15) is 0 Å². The summed E-state index contributed by atoms with van der Waals surface area (Å²) in [6.45, 7) is 7.64. The van der Waals surface area contributed by atoms with Crippen LogP contribution in [0.15, 0.2) is 37.4 Å². The van der Waals surface area contributed by atoms with E-state index in [0.29, 0.717) is 18.8 Å². The number of allylic oxidation sites excluding steroid dienone is 2. The van der Waals surface area contributed by atoms with Gasteiger partial charge in [0.1, 0.15) is 11.6 Å². The zero-order chi connectivity index (χ0) is 21.1. The van der Waals surface area contributed by atoms with Crippen molar-refractivity contribution >= 4 is 0 Å². The highest BCUT2D eigenvalue weighted by molar-refractivity contribution is 5.29. The lowest BCUT2D eigenvalue weighted by Crippen LogP contribution is -2.34. The minimum atomic E-state index is -0.368. The van der Waals surface area contributed by atoms with E-state index in [-0.39, 0.29) is 17.2 Å². The summed E-state index contributed by atoms with van der Waals surface area (Å²) in [6, 6.07) is 3.24. The fourth-order valence-electron chi connectivity index (χ4n) is 6.85. The molecule has 164 valence electrons. The molecular formula is C28H38F2. The number of rotatable bonds is 6. The van der Waals surface area contributed by atoms with Gasteiger partial charge in [0.2, 0.25) is 0 Å². The van der Waals surface area contributed by atoms with Gasteiger partial charge in [0.15, 0.2) is 0 Å². The van der Waals surface area contributed by atoms with Gasteiger partial charge >= 0.3 is 0 Å². The Balaban J connectivity index is 1.35. The molecule has 3 fully saturated rings. The molecule has 0 N–H and O–H groups in total. The van der Waals surface area contributed by atoms with Gasteiger partial charge in [-0.05, 0) is 130 Å². The average molecular weight is 413 g/mol. The zero-order valence-corrected chi connectivity index (χ0v) is 18.4. The van der Waals surface area contributed by atoms with Crippen LogP contribution in [0.2, 0.25) is 0 Å². The van der Waals surface area contributed by atoms with E-state index in [0.717, 1.165) is 48.0 Å². The first-order valence-electron chi connectivity index (χ1n) is 12.3. The summed E-state index contributed by atoms with van der Waals surface area (Å²) in [4.78, 5) is 0. The van der Waals surface area contributed by atoms with Crippen LogP contribution in [0.3, 0.4) is 0 Å². The molecule has 0 spiro atoms. The smallest absolute Gasteiger partial charge is 0.129 e. The Hall–Kier alpha value is -1.44. The van der Waals surface area contributed by atoms with E-state index in [1.165, 1.54) is 51.4 Å². The fraction of sp³-hybridized carbons (Fsp3) is 0.643. The first kappa shape index (κ1) is 21.8. The van der Waals surface area contributed by atoms with Gasteiger partial charge in [0.05, 0.1) is 0 Å². The maximum atomic E-state index is 14.6. The molecule has 0 nitrogen and oxygen atoms in total. The van der Waals surface area contributed by atoms with Crippen LogP contribution in [-0.2, 0) is 6.42 Å². The van der Waals surface area contributed by atoms with E-state index in [4.69, 9.17) is 0 Å². The van der Waals surface area contributed by atoms with Crippen molar-refractivity contribution in [2.75, 3.05) is 0 Å². The van der Waals surface area contributed by atoms with Crippen molar-refractivity contribution in [3.8, 4) is 0 Å². The fourth-order valence-corrected chi connectivity index (χ4v) is 6.85. The van der Waals surface area contributed by atoms with Crippen molar-refractivity contribution in [2.45, 2.75) is 83.0 Å². The normalized spacial score (nSPS) is 34.2. The molecule has 30 heavy (non-hydrogen) atoms. The SMILES string of the molecule is C=CCCc1c(F)cc(C2CCC3CC(C4CCC(C=C)CC4)CCC3C2)cc1F. The summed E-state index contributed by atoms with van der Waals surface area (Å²) in [5, 5.41) is 0. The minimum absolute atomic E-state index is 0.221. The average Bonchev–Trinajstić information content (AvgIpc) is 2.78. The summed E-state index contributed by atoms with van der Waals surface area (Å²) in [5.41, 5.74) is 1.11. The Labute approximate surface area is 181 Å². The third kappa shape index (κ3) is 4.73. The molecule has 3 aliphatic rings. The molecule has 4 rings (SSSR count). The highest BCUT2D eigenvalue weighted by Gasteiger charge is 2.39. The molecule has 0 aliphatic heterocycles. The standard InChI is InChI=1S/C28H38F2/c1-3-5-6-26-27(29)17-25(18-28(26)30)24-14-13-22-15-21(11-12-23(22)16-24)20-9-7-19(4-2)8-10-20/h3-4,17-24H,1-2,5-16H2. The van der Waals surface area contributed by atoms with Crippen LogP contribution in [0.25, 0.3) is 0 Å². The van der Waals surface area contributed by atoms with Crippen molar-refractivity contribution in [1.82, 2.24) is 0 Å². The first-order valence-corrected chi connectivity index (χ1v) is 12.3. The summed E-state index contributed by atoms with van der Waals surface area (Å²) in [5.74, 6) is 3.74. The molecule has 0 amide bonds. The second kappa shape index (κ2) is 9.79. The monoisotopic (exact) mass is 412 g/mol. The molecule has 4 atom stereocenters. The van der Waals surface area contributed by atoms with Crippen LogP contribution < -0.4 is 0 Å². The number of hydrogen-bond donors (Lipinski definition) is 0. The maximum absolute atomic E-state index is 14.6. The van der Waals surface area contributed by atoms with Crippen LogP contribution in [-0.4, -0.2) is 0 Å². The lowest BCUT2D eigenvalue weighted by molar-refractivity contribution is 0.0747.